The van der Waals surface area contributed by atoms with Crippen molar-refractivity contribution >= 4 is 0 Å². The fourth-order valence-corrected chi connectivity index (χ4v) is 2.59. The molecule has 3 rings (SSSR count). The number of halogens is 7. The van der Waals surface area contributed by atoms with E-state index in [2.05, 4.69) is 6.07 Å². The summed E-state index contributed by atoms with van der Waals surface area (Å²) in [6.45, 7) is 0. The zero-order valence-electron chi connectivity index (χ0n) is 11.3. The molecule has 0 nitrogen and oxygen atoms in total. The van der Waals surface area contributed by atoms with Crippen LogP contribution in [0.25, 0.3) is 11.1 Å². The Morgan fingerprint density at radius 2 is 1.43 bits per heavy atom. The van der Waals surface area contributed by atoms with E-state index >= 15 is 0 Å². The van der Waals surface area contributed by atoms with Gasteiger partial charge in [0.15, 0.2) is 0 Å². The van der Waals surface area contributed by atoms with Crippen molar-refractivity contribution in [3.05, 3.63) is 59.2 Å². The number of benzene rings is 2. The van der Waals surface area contributed by atoms with Crippen molar-refractivity contribution in [3.63, 3.8) is 0 Å². The van der Waals surface area contributed by atoms with Crippen molar-refractivity contribution < 1.29 is 30.7 Å². The van der Waals surface area contributed by atoms with Crippen LogP contribution in [0.3, 0.4) is 0 Å². The topological polar surface area (TPSA) is 0 Å². The fraction of sp³-hybridized carbons (Fsp3) is 0.250. The van der Waals surface area contributed by atoms with Gasteiger partial charge in [-0.05, 0) is 34.7 Å². The summed E-state index contributed by atoms with van der Waals surface area (Å²) < 4.78 is 90.5. The van der Waals surface area contributed by atoms with Gasteiger partial charge in [-0.25, -0.2) is 0 Å². The summed E-state index contributed by atoms with van der Waals surface area (Å²) in [6, 6.07) is 10.6. The zero-order chi connectivity index (χ0) is 17.0. The molecular formula is C16H8F7. The number of hydrogen-bond donors (Lipinski definition) is 0. The lowest BCUT2D eigenvalue weighted by Crippen LogP contribution is -2.50. The van der Waals surface area contributed by atoms with Gasteiger partial charge in [0.25, 0.3) is 0 Å². The molecule has 0 saturated carbocycles. The van der Waals surface area contributed by atoms with E-state index in [-0.39, 0.29) is 12.0 Å². The number of rotatable bonds is 2. The largest absolute Gasteiger partial charge is 0.460 e. The molecule has 0 heterocycles. The van der Waals surface area contributed by atoms with Crippen molar-refractivity contribution in [3.8, 4) is 11.1 Å². The summed E-state index contributed by atoms with van der Waals surface area (Å²) in [5, 5.41) is 0. The third kappa shape index (κ3) is 2.21. The van der Waals surface area contributed by atoms with E-state index < -0.39 is 23.6 Å². The molecule has 0 spiro atoms. The van der Waals surface area contributed by atoms with Gasteiger partial charge < -0.3 is 0 Å². The zero-order valence-corrected chi connectivity index (χ0v) is 11.3. The molecule has 0 bridgehead atoms. The highest BCUT2D eigenvalue weighted by molar-refractivity contribution is 5.76. The molecule has 0 fully saturated rings. The Hall–Kier alpha value is -2.05. The first-order chi connectivity index (χ1) is 10.6. The molecule has 0 aliphatic heterocycles. The number of fused-ring (bicyclic) bond motifs is 3. The van der Waals surface area contributed by atoms with Crippen LogP contribution < -0.4 is 0 Å². The minimum Gasteiger partial charge on any atom is -0.194 e. The molecule has 0 aromatic heterocycles. The van der Waals surface area contributed by atoms with E-state index in [1.807, 2.05) is 0 Å². The van der Waals surface area contributed by atoms with Gasteiger partial charge in [0, 0.05) is 5.56 Å². The minimum atomic E-state index is -6.35. The van der Waals surface area contributed by atoms with Crippen LogP contribution in [0.5, 0.6) is 0 Å². The maximum absolute atomic E-state index is 13.7. The van der Waals surface area contributed by atoms with Crippen LogP contribution in [-0.2, 0) is 12.3 Å². The average molecular weight is 333 g/mol. The van der Waals surface area contributed by atoms with Gasteiger partial charge in [-0.3, -0.25) is 0 Å². The first-order valence-corrected chi connectivity index (χ1v) is 6.52. The molecule has 2 aromatic rings. The standard InChI is InChI=1S/C16H8F7/c17-14(18,15(19,20)16(21,22)23)11-5-6-13-10(8-11)7-9-3-1-2-4-12(9)13/h1-6H,7H2. The Labute approximate surface area is 126 Å². The van der Waals surface area contributed by atoms with Gasteiger partial charge in [-0.15, -0.1) is 0 Å². The van der Waals surface area contributed by atoms with Crippen LogP contribution in [0.4, 0.5) is 30.7 Å². The third-order valence-electron chi connectivity index (χ3n) is 3.79. The van der Waals surface area contributed by atoms with Gasteiger partial charge in [0.1, 0.15) is 0 Å². The normalized spacial score (nSPS) is 14.6. The first-order valence-electron chi connectivity index (χ1n) is 6.52. The summed E-state index contributed by atoms with van der Waals surface area (Å²) in [6.07, 6.45) is -6.20. The molecule has 0 N–H and O–H groups in total. The highest BCUT2D eigenvalue weighted by atomic mass is 19.4. The minimum absolute atomic E-state index is 0.160. The number of alkyl halides is 7. The second kappa shape index (κ2) is 4.72. The molecule has 2 aromatic carbocycles. The fourth-order valence-electron chi connectivity index (χ4n) is 2.59. The van der Waals surface area contributed by atoms with E-state index in [4.69, 9.17) is 0 Å². The first kappa shape index (κ1) is 15.8. The Balaban J connectivity index is 2.06. The molecular weight excluding hydrogens is 325 g/mol. The molecule has 0 unspecified atom stereocenters. The Kier molecular flexibility index (Phi) is 3.25. The molecule has 0 amide bonds. The Morgan fingerprint density at radius 1 is 0.783 bits per heavy atom. The lowest BCUT2D eigenvalue weighted by molar-refractivity contribution is -0.359. The van der Waals surface area contributed by atoms with Gasteiger partial charge in [0.2, 0.25) is 0 Å². The van der Waals surface area contributed by atoms with Crippen LogP contribution >= 0.6 is 0 Å². The summed E-state index contributed by atoms with van der Waals surface area (Å²) >= 11 is 0. The average Bonchev–Trinajstić information content (AvgIpc) is 2.83. The molecule has 7 heteroatoms. The lowest BCUT2D eigenvalue weighted by Gasteiger charge is -2.28. The molecule has 1 aliphatic rings. The maximum Gasteiger partial charge on any atom is 0.460 e. The van der Waals surface area contributed by atoms with Crippen LogP contribution in [0, 0.1) is 6.07 Å². The van der Waals surface area contributed by atoms with Crippen LogP contribution in [0.15, 0.2) is 36.4 Å². The summed E-state index contributed by atoms with van der Waals surface area (Å²) in [4.78, 5) is 0. The predicted octanol–water partition coefficient (Wildman–Crippen LogP) is 5.35. The van der Waals surface area contributed by atoms with Crippen molar-refractivity contribution in [1.29, 1.82) is 0 Å². The van der Waals surface area contributed by atoms with Crippen molar-refractivity contribution in [2.75, 3.05) is 0 Å². The maximum atomic E-state index is 13.7. The molecule has 121 valence electrons. The summed E-state index contributed by atoms with van der Waals surface area (Å²) in [5.74, 6) is -11.6. The predicted molar refractivity (Wildman–Crippen MR) is 68.4 cm³/mol. The SMILES string of the molecule is FC(F)(F)C(F)(F)C(F)(F)c1[c]c2c(cc1)-c1ccccc1C2. The van der Waals surface area contributed by atoms with Gasteiger partial charge >= 0.3 is 18.0 Å². The van der Waals surface area contributed by atoms with E-state index in [1.54, 1.807) is 24.3 Å². The van der Waals surface area contributed by atoms with Crippen LogP contribution in [0.2, 0.25) is 0 Å². The molecule has 1 aliphatic carbocycles. The summed E-state index contributed by atoms with van der Waals surface area (Å²) in [5.41, 5.74) is 0.737. The van der Waals surface area contributed by atoms with E-state index in [0.29, 0.717) is 11.6 Å². The lowest BCUT2D eigenvalue weighted by atomic mass is 9.97. The Morgan fingerprint density at radius 3 is 2.09 bits per heavy atom. The quantitative estimate of drug-likeness (QED) is 0.555. The monoisotopic (exact) mass is 333 g/mol. The summed E-state index contributed by atoms with van der Waals surface area (Å²) in [7, 11) is 0. The molecule has 1 radical (unpaired) electrons. The van der Waals surface area contributed by atoms with Crippen LogP contribution in [0.1, 0.15) is 16.7 Å². The van der Waals surface area contributed by atoms with Gasteiger partial charge in [0.05, 0.1) is 0 Å². The second-order valence-electron chi connectivity index (χ2n) is 5.24. The highest BCUT2D eigenvalue weighted by Crippen LogP contribution is 2.52. The van der Waals surface area contributed by atoms with Crippen molar-refractivity contribution in [1.82, 2.24) is 0 Å². The second-order valence-corrected chi connectivity index (χ2v) is 5.24. The third-order valence-corrected chi connectivity index (χ3v) is 3.79. The molecule has 0 atom stereocenters. The number of hydrogen-bond acceptors (Lipinski definition) is 0. The highest BCUT2D eigenvalue weighted by Gasteiger charge is 2.73. The molecule has 0 saturated heterocycles. The van der Waals surface area contributed by atoms with Gasteiger partial charge in [-0.1, -0.05) is 36.4 Å². The van der Waals surface area contributed by atoms with Crippen molar-refractivity contribution in [2.24, 2.45) is 0 Å². The van der Waals surface area contributed by atoms with Crippen LogP contribution in [-0.4, -0.2) is 12.1 Å². The van der Waals surface area contributed by atoms with E-state index in [9.17, 15) is 30.7 Å². The smallest absolute Gasteiger partial charge is 0.194 e. The molecule has 23 heavy (non-hydrogen) atoms. The van der Waals surface area contributed by atoms with Gasteiger partial charge in [-0.2, -0.15) is 30.7 Å². The van der Waals surface area contributed by atoms with Crippen molar-refractivity contribution in [2.45, 2.75) is 24.4 Å². The van der Waals surface area contributed by atoms with E-state index in [0.717, 1.165) is 17.2 Å². The Bertz CT molecular complexity index is 759. The van der Waals surface area contributed by atoms with E-state index in [1.165, 1.54) is 0 Å².